The maximum Gasteiger partial charge on any atom is -0.0140 e. The van der Waals surface area contributed by atoms with E-state index in [4.69, 9.17) is 0 Å². The summed E-state index contributed by atoms with van der Waals surface area (Å²) in [6, 6.07) is 0. The highest BCUT2D eigenvalue weighted by Crippen LogP contribution is 2.25. The predicted octanol–water partition coefficient (Wildman–Crippen LogP) is 5.04. The first kappa shape index (κ1) is 12.3. The van der Waals surface area contributed by atoms with Crippen molar-refractivity contribution >= 4 is 0 Å². The third kappa shape index (κ3) is 5.01. The van der Waals surface area contributed by atoms with Crippen LogP contribution in [0.5, 0.6) is 0 Å². The van der Waals surface area contributed by atoms with Crippen molar-refractivity contribution in [3.05, 3.63) is 35.5 Å². The molecule has 1 aliphatic rings. The zero-order chi connectivity index (χ0) is 11.3. The van der Waals surface area contributed by atoms with Crippen LogP contribution in [0.3, 0.4) is 0 Å². The average Bonchev–Trinajstić information content (AvgIpc) is 2.15. The molecule has 0 fully saturated rings. The average molecular weight is 204 g/mol. The highest BCUT2D eigenvalue weighted by molar-refractivity contribution is 5.12. The summed E-state index contributed by atoms with van der Waals surface area (Å²) in [4.78, 5) is 0. The molecule has 15 heavy (non-hydrogen) atoms. The second-order valence-corrected chi connectivity index (χ2v) is 5.44. The molecule has 0 aliphatic heterocycles. The summed E-state index contributed by atoms with van der Waals surface area (Å²) in [6.07, 6.45) is 14.1. The third-order valence-corrected chi connectivity index (χ3v) is 3.02. The summed E-state index contributed by atoms with van der Waals surface area (Å²) < 4.78 is 0. The van der Waals surface area contributed by atoms with Crippen molar-refractivity contribution in [2.75, 3.05) is 0 Å². The number of allylic oxidation sites excluding steroid dienone is 6. The summed E-state index contributed by atoms with van der Waals surface area (Å²) in [5.74, 6) is 0. The Bertz CT molecular complexity index is 287. The van der Waals surface area contributed by atoms with Crippen LogP contribution < -0.4 is 0 Å². The van der Waals surface area contributed by atoms with Gasteiger partial charge in [-0.05, 0) is 44.9 Å². The van der Waals surface area contributed by atoms with E-state index in [1.165, 1.54) is 24.0 Å². The molecule has 0 N–H and O–H groups in total. The van der Waals surface area contributed by atoms with Crippen LogP contribution in [0.4, 0.5) is 0 Å². The van der Waals surface area contributed by atoms with E-state index < -0.39 is 0 Å². The van der Waals surface area contributed by atoms with E-state index in [1.807, 2.05) is 0 Å². The summed E-state index contributed by atoms with van der Waals surface area (Å²) in [5.41, 5.74) is 3.34. The molecule has 0 atom stereocenters. The standard InChI is InChI=1S/C15H24/c1-13-7-5-8-14(2)10-12-15(3,4)11-6-9-13/h6-7,10-11H,5,8-9,12H2,1-4H3/b11-6+,13-7-,14-10?. The quantitative estimate of drug-likeness (QED) is 0.485. The lowest BCUT2D eigenvalue weighted by Gasteiger charge is -2.18. The summed E-state index contributed by atoms with van der Waals surface area (Å²) in [6.45, 7) is 9.10. The summed E-state index contributed by atoms with van der Waals surface area (Å²) in [5, 5.41) is 0. The normalized spacial score (nSPS) is 28.3. The fraction of sp³-hybridized carbons (Fsp3) is 0.600. The van der Waals surface area contributed by atoms with Gasteiger partial charge < -0.3 is 0 Å². The van der Waals surface area contributed by atoms with Crippen molar-refractivity contribution in [1.29, 1.82) is 0 Å². The van der Waals surface area contributed by atoms with Crippen molar-refractivity contribution in [3.63, 3.8) is 0 Å². The van der Waals surface area contributed by atoms with E-state index in [0.29, 0.717) is 5.41 Å². The Balaban J connectivity index is 2.79. The van der Waals surface area contributed by atoms with Gasteiger partial charge in [0.15, 0.2) is 0 Å². The van der Waals surface area contributed by atoms with Crippen LogP contribution >= 0.6 is 0 Å². The molecule has 0 nitrogen and oxygen atoms in total. The first-order chi connectivity index (χ1) is 6.99. The Hall–Kier alpha value is -0.780. The Morgan fingerprint density at radius 3 is 2.53 bits per heavy atom. The molecule has 0 saturated carbocycles. The van der Waals surface area contributed by atoms with Gasteiger partial charge in [0.2, 0.25) is 0 Å². The van der Waals surface area contributed by atoms with Crippen LogP contribution in [0.2, 0.25) is 0 Å². The van der Waals surface area contributed by atoms with Gasteiger partial charge in [-0.2, -0.15) is 0 Å². The molecule has 0 spiro atoms. The van der Waals surface area contributed by atoms with Crippen LogP contribution in [0.15, 0.2) is 35.5 Å². The van der Waals surface area contributed by atoms with Gasteiger partial charge in [-0.15, -0.1) is 0 Å². The van der Waals surface area contributed by atoms with Gasteiger partial charge in [-0.3, -0.25) is 0 Å². The first-order valence-electron chi connectivity index (χ1n) is 5.98. The highest BCUT2D eigenvalue weighted by atomic mass is 14.2. The third-order valence-electron chi connectivity index (χ3n) is 3.02. The van der Waals surface area contributed by atoms with Crippen molar-refractivity contribution in [2.45, 2.75) is 53.4 Å². The zero-order valence-electron chi connectivity index (χ0n) is 10.6. The Labute approximate surface area is 94.8 Å². The van der Waals surface area contributed by atoms with Gasteiger partial charge in [0.05, 0.1) is 0 Å². The SMILES string of the molecule is CC1=CCC(C)(C)/C=C/C/C(C)=C\CC1. The molecule has 0 unspecified atom stereocenters. The van der Waals surface area contributed by atoms with E-state index in [2.05, 4.69) is 52.0 Å². The molecule has 0 heteroatoms. The van der Waals surface area contributed by atoms with Crippen LogP contribution in [0.1, 0.15) is 53.4 Å². The van der Waals surface area contributed by atoms with Gasteiger partial charge in [0.25, 0.3) is 0 Å². The summed E-state index contributed by atoms with van der Waals surface area (Å²) >= 11 is 0. The lowest BCUT2D eigenvalue weighted by Crippen LogP contribution is -2.05. The minimum absolute atomic E-state index is 0.311. The molecule has 1 aliphatic carbocycles. The number of hydrogen-bond acceptors (Lipinski definition) is 0. The fourth-order valence-electron chi connectivity index (χ4n) is 1.80. The van der Waals surface area contributed by atoms with Gasteiger partial charge in [-0.25, -0.2) is 0 Å². The second kappa shape index (κ2) is 5.34. The molecular weight excluding hydrogens is 180 g/mol. The molecule has 1 rings (SSSR count). The Kier molecular flexibility index (Phi) is 4.38. The minimum atomic E-state index is 0.311. The van der Waals surface area contributed by atoms with Crippen LogP contribution in [0, 0.1) is 5.41 Å². The maximum absolute atomic E-state index is 2.40. The van der Waals surface area contributed by atoms with E-state index in [9.17, 15) is 0 Å². The smallest absolute Gasteiger partial charge is 0.0140 e. The van der Waals surface area contributed by atoms with Crippen LogP contribution in [-0.2, 0) is 0 Å². The van der Waals surface area contributed by atoms with E-state index >= 15 is 0 Å². The van der Waals surface area contributed by atoms with Gasteiger partial charge >= 0.3 is 0 Å². The summed E-state index contributed by atoms with van der Waals surface area (Å²) in [7, 11) is 0. The molecule has 0 aromatic heterocycles. The van der Waals surface area contributed by atoms with Gasteiger partial charge in [-0.1, -0.05) is 49.3 Å². The molecule has 0 bridgehead atoms. The van der Waals surface area contributed by atoms with Crippen molar-refractivity contribution in [2.24, 2.45) is 5.41 Å². The van der Waals surface area contributed by atoms with Crippen molar-refractivity contribution in [3.8, 4) is 0 Å². The molecule has 84 valence electrons. The van der Waals surface area contributed by atoms with Crippen LogP contribution in [-0.4, -0.2) is 0 Å². The molecule has 0 aromatic carbocycles. The number of hydrogen-bond donors (Lipinski definition) is 0. The first-order valence-corrected chi connectivity index (χ1v) is 5.98. The highest BCUT2D eigenvalue weighted by Gasteiger charge is 2.11. The zero-order valence-corrected chi connectivity index (χ0v) is 10.6. The van der Waals surface area contributed by atoms with Gasteiger partial charge in [0, 0.05) is 0 Å². The van der Waals surface area contributed by atoms with Crippen molar-refractivity contribution in [1.82, 2.24) is 0 Å². The predicted molar refractivity (Wildman–Crippen MR) is 68.9 cm³/mol. The van der Waals surface area contributed by atoms with E-state index in [0.717, 1.165) is 12.8 Å². The maximum atomic E-state index is 2.40. The van der Waals surface area contributed by atoms with E-state index in [-0.39, 0.29) is 0 Å². The molecule has 0 heterocycles. The molecular formula is C15H24. The lowest BCUT2D eigenvalue weighted by atomic mass is 9.87. The molecule has 0 saturated heterocycles. The Morgan fingerprint density at radius 1 is 1.07 bits per heavy atom. The largest absolute Gasteiger partial charge is 0.0850 e. The molecule has 0 radical (unpaired) electrons. The van der Waals surface area contributed by atoms with Gasteiger partial charge in [0.1, 0.15) is 0 Å². The fourth-order valence-corrected chi connectivity index (χ4v) is 1.80. The Morgan fingerprint density at radius 2 is 1.80 bits per heavy atom. The van der Waals surface area contributed by atoms with Crippen molar-refractivity contribution < 1.29 is 0 Å². The van der Waals surface area contributed by atoms with E-state index in [1.54, 1.807) is 0 Å². The molecule has 0 aromatic rings. The number of rotatable bonds is 0. The molecule has 0 amide bonds. The second-order valence-electron chi connectivity index (χ2n) is 5.44. The van der Waals surface area contributed by atoms with Crippen LogP contribution in [0.25, 0.3) is 0 Å². The minimum Gasteiger partial charge on any atom is -0.0850 e. The topological polar surface area (TPSA) is 0 Å². The monoisotopic (exact) mass is 204 g/mol. The lowest BCUT2D eigenvalue weighted by molar-refractivity contribution is 0.486.